The highest BCUT2D eigenvalue weighted by atomic mass is 32.1. The van der Waals surface area contributed by atoms with E-state index in [0.29, 0.717) is 5.69 Å². The predicted molar refractivity (Wildman–Crippen MR) is 88.7 cm³/mol. The summed E-state index contributed by atoms with van der Waals surface area (Å²) >= 11 is 1.60. The van der Waals surface area contributed by atoms with Gasteiger partial charge in [0.25, 0.3) is 5.91 Å². The minimum absolute atomic E-state index is 0.0722. The van der Waals surface area contributed by atoms with Crippen LogP contribution in [0.15, 0.2) is 52.4 Å². The second kappa shape index (κ2) is 6.66. The number of nitrogens with zero attached hydrogens (tertiary/aromatic N) is 1. The van der Waals surface area contributed by atoms with Crippen LogP contribution in [-0.4, -0.2) is 18.2 Å². The molecule has 0 saturated heterocycles. The summed E-state index contributed by atoms with van der Waals surface area (Å²) in [5.41, 5.74) is 1.47. The average Bonchev–Trinajstić information content (AvgIpc) is 3.26. The van der Waals surface area contributed by atoms with E-state index in [9.17, 15) is 4.79 Å². The minimum atomic E-state index is -0.279. The molecule has 3 rings (SSSR count). The fourth-order valence-corrected chi connectivity index (χ4v) is 2.89. The highest BCUT2D eigenvalue weighted by Gasteiger charge is 2.17. The SMILES string of the molecule is COc1ccc(-c2cc(C(=O)N[C@H](C)c3cccs3)on2)cc1. The van der Waals surface area contributed by atoms with Crippen LogP contribution in [-0.2, 0) is 0 Å². The maximum absolute atomic E-state index is 12.2. The van der Waals surface area contributed by atoms with Crippen molar-refractivity contribution in [1.29, 1.82) is 0 Å². The van der Waals surface area contributed by atoms with Crippen LogP contribution in [0.25, 0.3) is 11.3 Å². The summed E-state index contributed by atoms with van der Waals surface area (Å²) < 4.78 is 10.3. The fraction of sp³-hybridized carbons (Fsp3) is 0.176. The lowest BCUT2D eigenvalue weighted by atomic mass is 10.1. The number of hydrogen-bond acceptors (Lipinski definition) is 5. The molecule has 0 aliphatic carbocycles. The van der Waals surface area contributed by atoms with Gasteiger partial charge in [0.15, 0.2) is 0 Å². The van der Waals surface area contributed by atoms with Crippen LogP contribution >= 0.6 is 11.3 Å². The number of carbonyl (C=O) groups is 1. The third kappa shape index (κ3) is 3.43. The number of benzene rings is 1. The third-order valence-corrected chi connectivity index (χ3v) is 4.49. The zero-order valence-electron chi connectivity index (χ0n) is 12.8. The molecular formula is C17H16N2O3S. The second-order valence-electron chi connectivity index (χ2n) is 5.02. The third-order valence-electron chi connectivity index (χ3n) is 3.44. The van der Waals surface area contributed by atoms with Crippen molar-refractivity contribution < 1.29 is 14.1 Å². The summed E-state index contributed by atoms with van der Waals surface area (Å²) in [6.07, 6.45) is 0. The molecule has 3 aromatic rings. The molecule has 0 spiro atoms. The fourth-order valence-electron chi connectivity index (χ4n) is 2.16. The van der Waals surface area contributed by atoms with E-state index in [0.717, 1.165) is 16.2 Å². The summed E-state index contributed by atoms with van der Waals surface area (Å²) in [6, 6.07) is 12.9. The normalized spacial score (nSPS) is 11.9. The molecule has 118 valence electrons. The van der Waals surface area contributed by atoms with Crippen molar-refractivity contribution in [1.82, 2.24) is 10.5 Å². The molecule has 5 nitrogen and oxygen atoms in total. The Bertz CT molecular complexity index is 779. The van der Waals surface area contributed by atoms with E-state index >= 15 is 0 Å². The van der Waals surface area contributed by atoms with Gasteiger partial charge in [0, 0.05) is 16.5 Å². The van der Waals surface area contributed by atoms with Gasteiger partial charge < -0.3 is 14.6 Å². The Morgan fingerprint density at radius 2 is 2.09 bits per heavy atom. The number of thiophene rings is 1. The highest BCUT2D eigenvalue weighted by molar-refractivity contribution is 7.10. The van der Waals surface area contributed by atoms with E-state index in [1.807, 2.05) is 48.7 Å². The maximum Gasteiger partial charge on any atom is 0.290 e. The van der Waals surface area contributed by atoms with E-state index in [1.165, 1.54) is 0 Å². The monoisotopic (exact) mass is 328 g/mol. The van der Waals surface area contributed by atoms with Crippen molar-refractivity contribution in [3.63, 3.8) is 0 Å². The van der Waals surface area contributed by atoms with Crippen molar-refractivity contribution in [2.45, 2.75) is 13.0 Å². The predicted octanol–water partition coefficient (Wildman–Crippen LogP) is 3.90. The van der Waals surface area contributed by atoms with Gasteiger partial charge in [-0.1, -0.05) is 11.2 Å². The van der Waals surface area contributed by atoms with Crippen LogP contribution in [0.4, 0.5) is 0 Å². The lowest BCUT2D eigenvalue weighted by Gasteiger charge is -2.09. The van der Waals surface area contributed by atoms with E-state index in [1.54, 1.807) is 24.5 Å². The van der Waals surface area contributed by atoms with Crippen LogP contribution in [0.3, 0.4) is 0 Å². The number of nitrogens with one attached hydrogen (secondary N) is 1. The van der Waals surface area contributed by atoms with Crippen LogP contribution in [0.2, 0.25) is 0 Å². The molecule has 0 unspecified atom stereocenters. The van der Waals surface area contributed by atoms with E-state index in [2.05, 4.69) is 10.5 Å². The summed E-state index contributed by atoms with van der Waals surface area (Å²) in [5.74, 6) is 0.678. The Balaban J connectivity index is 1.71. The topological polar surface area (TPSA) is 64.4 Å². The smallest absolute Gasteiger partial charge is 0.290 e. The molecule has 0 saturated carbocycles. The highest BCUT2D eigenvalue weighted by Crippen LogP contribution is 2.23. The summed E-state index contributed by atoms with van der Waals surface area (Å²) in [6.45, 7) is 1.94. The first-order valence-electron chi connectivity index (χ1n) is 7.13. The molecule has 6 heteroatoms. The first-order chi connectivity index (χ1) is 11.2. The first-order valence-corrected chi connectivity index (χ1v) is 8.01. The van der Waals surface area contributed by atoms with Gasteiger partial charge in [0.1, 0.15) is 11.4 Å². The number of carbonyl (C=O) groups excluding carboxylic acids is 1. The van der Waals surface area contributed by atoms with Gasteiger partial charge in [-0.2, -0.15) is 0 Å². The minimum Gasteiger partial charge on any atom is -0.497 e. The second-order valence-corrected chi connectivity index (χ2v) is 5.99. The molecule has 0 radical (unpaired) electrons. The molecule has 0 fully saturated rings. The number of amides is 1. The number of aromatic nitrogens is 1. The molecule has 1 atom stereocenters. The van der Waals surface area contributed by atoms with Crippen LogP contribution in [0.5, 0.6) is 5.75 Å². The number of rotatable bonds is 5. The molecule has 1 amide bonds. The van der Waals surface area contributed by atoms with Gasteiger partial charge in [-0.15, -0.1) is 11.3 Å². The Labute approximate surface area is 137 Å². The van der Waals surface area contributed by atoms with Gasteiger partial charge in [0.2, 0.25) is 5.76 Å². The van der Waals surface area contributed by atoms with Gasteiger partial charge in [-0.05, 0) is 42.6 Å². The molecule has 23 heavy (non-hydrogen) atoms. The van der Waals surface area contributed by atoms with Gasteiger partial charge in [-0.3, -0.25) is 4.79 Å². The molecule has 0 bridgehead atoms. The summed E-state index contributed by atoms with van der Waals surface area (Å²) in [7, 11) is 1.61. The largest absolute Gasteiger partial charge is 0.497 e. The summed E-state index contributed by atoms with van der Waals surface area (Å²) in [5, 5.41) is 8.84. The average molecular weight is 328 g/mol. The van der Waals surface area contributed by atoms with E-state index in [-0.39, 0.29) is 17.7 Å². The van der Waals surface area contributed by atoms with Gasteiger partial charge in [-0.25, -0.2) is 0 Å². The number of methoxy groups -OCH3 is 1. The standard InChI is InChI=1S/C17H16N2O3S/c1-11(16-4-3-9-23-16)18-17(20)15-10-14(19-22-15)12-5-7-13(21-2)8-6-12/h3-11H,1-2H3,(H,18,20)/t11-/m1/s1. The van der Waals surface area contributed by atoms with Crippen molar-refractivity contribution in [3.8, 4) is 17.0 Å². The lowest BCUT2D eigenvalue weighted by molar-refractivity contribution is 0.0903. The van der Waals surface area contributed by atoms with Crippen molar-refractivity contribution >= 4 is 17.2 Å². The number of hydrogen-bond donors (Lipinski definition) is 1. The lowest BCUT2D eigenvalue weighted by Crippen LogP contribution is -2.25. The molecule has 0 aliphatic heterocycles. The molecule has 2 aromatic heterocycles. The van der Waals surface area contributed by atoms with Crippen LogP contribution < -0.4 is 10.1 Å². The van der Waals surface area contributed by atoms with Crippen LogP contribution in [0, 0.1) is 0 Å². The van der Waals surface area contributed by atoms with Crippen LogP contribution in [0.1, 0.15) is 28.4 Å². The molecule has 1 aromatic carbocycles. The Morgan fingerprint density at radius 3 is 2.74 bits per heavy atom. The zero-order valence-corrected chi connectivity index (χ0v) is 13.6. The van der Waals surface area contributed by atoms with Gasteiger partial charge in [0.05, 0.1) is 13.2 Å². The molecule has 1 N–H and O–H groups in total. The van der Waals surface area contributed by atoms with Crippen molar-refractivity contribution in [2.75, 3.05) is 7.11 Å². The Morgan fingerprint density at radius 1 is 1.30 bits per heavy atom. The van der Waals surface area contributed by atoms with E-state index in [4.69, 9.17) is 9.26 Å². The summed E-state index contributed by atoms with van der Waals surface area (Å²) in [4.78, 5) is 13.3. The molecule has 0 aliphatic rings. The zero-order chi connectivity index (χ0) is 16.2. The number of ether oxygens (including phenoxy) is 1. The molecule has 2 heterocycles. The van der Waals surface area contributed by atoms with E-state index < -0.39 is 0 Å². The Kier molecular flexibility index (Phi) is 4.43. The van der Waals surface area contributed by atoms with Crippen molar-refractivity contribution in [2.24, 2.45) is 0 Å². The maximum atomic E-state index is 12.2. The molecular weight excluding hydrogens is 312 g/mol. The first kappa shape index (κ1) is 15.3. The van der Waals surface area contributed by atoms with Gasteiger partial charge >= 0.3 is 0 Å². The quantitative estimate of drug-likeness (QED) is 0.771. The van der Waals surface area contributed by atoms with Crippen molar-refractivity contribution in [3.05, 3.63) is 58.5 Å². The Hall–Kier alpha value is -2.60.